The van der Waals surface area contributed by atoms with Crippen LogP contribution >= 0.6 is 0 Å². The molecule has 0 saturated carbocycles. The number of alkyl halides is 6. The highest BCUT2D eigenvalue weighted by Crippen LogP contribution is 2.50. The fourth-order valence-corrected chi connectivity index (χ4v) is 5.27. The fourth-order valence-electron chi connectivity index (χ4n) is 3.86. The lowest BCUT2D eigenvalue weighted by Gasteiger charge is -2.42. The Kier molecular flexibility index (Phi) is 7.50. The van der Waals surface area contributed by atoms with Gasteiger partial charge in [-0.1, -0.05) is 12.1 Å². The third-order valence-corrected chi connectivity index (χ3v) is 7.64. The summed E-state index contributed by atoms with van der Waals surface area (Å²) in [5, 5.41) is 9.61. The minimum atomic E-state index is -6.00. The van der Waals surface area contributed by atoms with E-state index in [0.29, 0.717) is 12.1 Å². The molecule has 14 heteroatoms. The molecule has 1 aliphatic heterocycles. The topological polar surface area (TPSA) is 99.8 Å². The lowest BCUT2D eigenvalue weighted by atomic mass is 9.92. The van der Waals surface area contributed by atoms with Crippen LogP contribution in [0.3, 0.4) is 0 Å². The van der Waals surface area contributed by atoms with Crippen molar-refractivity contribution in [3.63, 3.8) is 0 Å². The van der Waals surface area contributed by atoms with Gasteiger partial charge in [-0.3, -0.25) is 0 Å². The molecule has 3 rings (SSSR count). The molecule has 2 heterocycles. The average molecular weight is 536 g/mol. The molecule has 0 amide bonds. The Morgan fingerprint density at radius 2 is 1.67 bits per heavy atom. The van der Waals surface area contributed by atoms with Gasteiger partial charge in [0, 0.05) is 43.5 Å². The summed E-state index contributed by atoms with van der Waals surface area (Å²) in [5.41, 5.74) is -0.657. The molecule has 1 aromatic carbocycles. The number of nitrogens with zero attached hydrogens (tertiary/aromatic N) is 3. The first-order chi connectivity index (χ1) is 16.6. The number of halogens is 6. The van der Waals surface area contributed by atoms with E-state index >= 15 is 0 Å². The third-order valence-electron chi connectivity index (χ3n) is 5.79. The van der Waals surface area contributed by atoms with Gasteiger partial charge >= 0.3 is 12.4 Å². The molecule has 3 N–H and O–H groups in total. The highest BCUT2D eigenvalue weighted by atomic mass is 32.2. The second kappa shape index (κ2) is 9.79. The zero-order chi connectivity index (χ0) is 26.9. The second-order valence-corrected chi connectivity index (χ2v) is 9.95. The molecular formula is C22H22F6N4O3S. The number of rotatable bonds is 5. The summed E-state index contributed by atoms with van der Waals surface area (Å²) < 4.78 is 106. The van der Waals surface area contributed by atoms with Crippen LogP contribution in [-0.4, -0.2) is 60.8 Å². The highest BCUT2D eigenvalue weighted by molar-refractivity contribution is 7.89. The van der Waals surface area contributed by atoms with Gasteiger partial charge in [0.1, 0.15) is 10.7 Å². The van der Waals surface area contributed by atoms with Crippen molar-refractivity contribution >= 4 is 21.5 Å². The van der Waals surface area contributed by atoms with Crippen molar-refractivity contribution in [2.75, 3.05) is 30.3 Å². The summed E-state index contributed by atoms with van der Waals surface area (Å²) in [7, 11) is -3.94. The predicted molar refractivity (Wildman–Crippen MR) is 119 cm³/mol. The Bertz CT molecular complexity index is 1220. The maximum Gasteiger partial charge on any atom is 0.430 e. The van der Waals surface area contributed by atoms with Crippen LogP contribution in [0.15, 0.2) is 47.5 Å². The number of pyridine rings is 1. The van der Waals surface area contributed by atoms with E-state index in [2.05, 4.69) is 16.8 Å². The molecule has 1 aliphatic rings. The zero-order valence-corrected chi connectivity index (χ0v) is 19.6. The summed E-state index contributed by atoms with van der Waals surface area (Å²) in [6.45, 7) is 1.60. The molecule has 7 nitrogen and oxygen atoms in total. The van der Waals surface area contributed by atoms with Crippen molar-refractivity contribution in [2.24, 2.45) is 0 Å². The predicted octanol–water partition coefficient (Wildman–Crippen LogP) is 3.27. The number of aromatic nitrogens is 1. The summed E-state index contributed by atoms with van der Waals surface area (Å²) in [5.74, 6) is 5.66. The number of hydrogen-bond acceptors (Lipinski definition) is 6. The van der Waals surface area contributed by atoms with Gasteiger partial charge in [-0.15, -0.1) is 11.8 Å². The van der Waals surface area contributed by atoms with Crippen LogP contribution in [0.5, 0.6) is 0 Å². The van der Waals surface area contributed by atoms with Crippen molar-refractivity contribution in [3.05, 3.63) is 48.2 Å². The number of aliphatic hydroxyl groups is 1. The molecule has 2 aromatic rings. The van der Waals surface area contributed by atoms with Crippen molar-refractivity contribution < 1.29 is 39.9 Å². The van der Waals surface area contributed by atoms with Gasteiger partial charge in [0.15, 0.2) is 0 Å². The fraction of sp³-hybridized carbons (Fsp3) is 0.409. The number of piperazine rings is 1. The number of nitrogens with two attached hydrogens (primary N) is 1. The van der Waals surface area contributed by atoms with E-state index < -0.39 is 39.6 Å². The van der Waals surface area contributed by atoms with Gasteiger partial charge in [-0.25, -0.2) is 13.4 Å². The van der Waals surface area contributed by atoms with Crippen LogP contribution in [0, 0.1) is 11.8 Å². The van der Waals surface area contributed by atoms with Crippen molar-refractivity contribution in [1.29, 1.82) is 0 Å². The first-order valence-corrected chi connectivity index (χ1v) is 11.9. The monoisotopic (exact) mass is 536 g/mol. The van der Waals surface area contributed by atoms with Crippen LogP contribution in [0.1, 0.15) is 18.9 Å². The number of nitrogen functional groups attached to an aromatic ring is 1. The Hall–Kier alpha value is -3.02. The minimum Gasteiger partial charge on any atom is -0.384 e. The highest BCUT2D eigenvalue weighted by Gasteiger charge is 2.71. The third kappa shape index (κ3) is 5.09. The first kappa shape index (κ1) is 27.6. The molecule has 36 heavy (non-hydrogen) atoms. The second-order valence-electron chi connectivity index (χ2n) is 8.01. The van der Waals surface area contributed by atoms with Crippen LogP contribution in [0.2, 0.25) is 0 Å². The average Bonchev–Trinajstić information content (AvgIpc) is 2.81. The van der Waals surface area contributed by atoms with Gasteiger partial charge in [0.25, 0.3) is 5.60 Å². The van der Waals surface area contributed by atoms with E-state index in [4.69, 9.17) is 5.73 Å². The van der Waals surface area contributed by atoms with Crippen molar-refractivity contribution in [3.8, 4) is 11.8 Å². The van der Waals surface area contributed by atoms with Gasteiger partial charge in [0.2, 0.25) is 10.0 Å². The van der Waals surface area contributed by atoms with Crippen LogP contribution in [-0.2, 0) is 15.6 Å². The standard InChI is InChI=1S/C22H22F6N4O3S/c1-2-3-4-17-14-31(36(34,35)18-9-10-19(29)30-13-18)11-12-32(17)16-7-5-15(6-8-16)20(33,21(23,24)25)22(26,27)28/h5-10,13,17,33H,4,11-12,14H2,1H3,(H2,29,30)/t17-/m0/s1. The maximum absolute atomic E-state index is 13.2. The molecule has 1 aromatic heterocycles. The summed E-state index contributed by atoms with van der Waals surface area (Å²) in [6, 6.07) is 5.26. The van der Waals surface area contributed by atoms with E-state index in [9.17, 15) is 39.9 Å². The Morgan fingerprint density at radius 3 is 2.17 bits per heavy atom. The lowest BCUT2D eigenvalue weighted by Crippen LogP contribution is -2.55. The van der Waals surface area contributed by atoms with E-state index in [1.807, 2.05) is 0 Å². The lowest BCUT2D eigenvalue weighted by molar-refractivity contribution is -0.376. The first-order valence-electron chi connectivity index (χ1n) is 10.5. The number of hydrogen-bond donors (Lipinski definition) is 2. The number of anilines is 2. The number of sulfonamides is 1. The quantitative estimate of drug-likeness (QED) is 0.450. The van der Waals surface area contributed by atoms with Crippen LogP contribution < -0.4 is 10.6 Å². The van der Waals surface area contributed by atoms with Gasteiger partial charge < -0.3 is 15.7 Å². The molecule has 1 fully saturated rings. The minimum absolute atomic E-state index is 0.0143. The zero-order valence-electron chi connectivity index (χ0n) is 18.8. The molecule has 0 aliphatic carbocycles. The number of benzene rings is 1. The van der Waals surface area contributed by atoms with E-state index in [0.717, 1.165) is 18.3 Å². The van der Waals surface area contributed by atoms with Gasteiger partial charge in [-0.2, -0.15) is 30.6 Å². The van der Waals surface area contributed by atoms with Crippen molar-refractivity contribution in [2.45, 2.75) is 42.2 Å². The van der Waals surface area contributed by atoms with E-state index in [1.165, 1.54) is 16.4 Å². The Morgan fingerprint density at radius 1 is 1.06 bits per heavy atom. The molecule has 0 spiro atoms. The Labute approximate surface area is 203 Å². The molecule has 196 valence electrons. The normalized spacial score (nSPS) is 18.0. The largest absolute Gasteiger partial charge is 0.430 e. The van der Waals surface area contributed by atoms with Crippen LogP contribution in [0.25, 0.3) is 0 Å². The van der Waals surface area contributed by atoms with Crippen molar-refractivity contribution in [1.82, 2.24) is 9.29 Å². The molecule has 0 radical (unpaired) electrons. The molecule has 1 atom stereocenters. The summed E-state index contributed by atoms with van der Waals surface area (Å²) in [4.78, 5) is 5.37. The van der Waals surface area contributed by atoms with Crippen LogP contribution in [0.4, 0.5) is 37.8 Å². The smallest absolute Gasteiger partial charge is 0.384 e. The maximum atomic E-state index is 13.2. The van der Waals surface area contributed by atoms with Gasteiger partial charge in [0.05, 0.1) is 6.04 Å². The summed E-state index contributed by atoms with van der Waals surface area (Å²) in [6.07, 6.45) is -10.7. The van der Waals surface area contributed by atoms with E-state index in [-0.39, 0.29) is 42.5 Å². The molecule has 0 unspecified atom stereocenters. The SMILES string of the molecule is CC#CC[C@H]1CN(S(=O)(=O)c2ccc(N)nc2)CCN1c1ccc(C(O)(C(F)(F)F)C(F)(F)F)cc1. The Balaban J connectivity index is 1.91. The molecule has 0 bridgehead atoms. The summed E-state index contributed by atoms with van der Waals surface area (Å²) >= 11 is 0. The molecular weight excluding hydrogens is 514 g/mol. The molecule has 1 saturated heterocycles. The van der Waals surface area contributed by atoms with E-state index in [1.54, 1.807) is 11.8 Å². The van der Waals surface area contributed by atoms with Gasteiger partial charge in [-0.05, 0) is 31.2 Å².